The SMILES string of the molecule is CSc1ccc(S(=O)(=O)Nc2cccc([N+](=O)[O-])c2)cc1C(=O)N1CCCC1. The monoisotopic (exact) mass is 421 g/mol. The number of anilines is 1. The van der Waals surface area contributed by atoms with Crippen LogP contribution in [0, 0.1) is 10.1 Å². The van der Waals surface area contributed by atoms with Gasteiger partial charge in [0.15, 0.2) is 0 Å². The third kappa shape index (κ3) is 4.28. The zero-order valence-corrected chi connectivity index (χ0v) is 16.8. The molecule has 1 heterocycles. The lowest BCUT2D eigenvalue weighted by Crippen LogP contribution is -2.28. The van der Waals surface area contributed by atoms with Gasteiger partial charge in [-0.1, -0.05) is 6.07 Å². The van der Waals surface area contributed by atoms with Crippen LogP contribution in [-0.4, -0.2) is 43.5 Å². The Bertz CT molecular complexity index is 1020. The third-order valence-electron chi connectivity index (χ3n) is 4.41. The van der Waals surface area contributed by atoms with Crippen molar-refractivity contribution < 1.29 is 18.1 Å². The van der Waals surface area contributed by atoms with E-state index >= 15 is 0 Å². The quantitative estimate of drug-likeness (QED) is 0.435. The fourth-order valence-corrected chi connectivity index (χ4v) is 4.65. The van der Waals surface area contributed by atoms with E-state index in [2.05, 4.69) is 4.72 Å². The molecule has 1 saturated heterocycles. The molecule has 0 bridgehead atoms. The summed E-state index contributed by atoms with van der Waals surface area (Å²) in [5, 5.41) is 10.9. The first-order valence-electron chi connectivity index (χ1n) is 8.56. The first kappa shape index (κ1) is 20.2. The van der Waals surface area contributed by atoms with E-state index in [-0.39, 0.29) is 22.2 Å². The average Bonchev–Trinajstić information content (AvgIpc) is 3.21. The number of carbonyl (C=O) groups excluding carboxylic acids is 1. The van der Waals surface area contributed by atoms with Crippen LogP contribution in [0.3, 0.4) is 0 Å². The third-order valence-corrected chi connectivity index (χ3v) is 6.59. The van der Waals surface area contributed by atoms with Crippen LogP contribution < -0.4 is 4.72 Å². The molecule has 0 spiro atoms. The van der Waals surface area contributed by atoms with Crippen molar-refractivity contribution in [1.82, 2.24) is 4.90 Å². The number of benzene rings is 2. The second kappa shape index (κ2) is 8.19. The first-order chi connectivity index (χ1) is 13.3. The number of non-ortho nitro benzene ring substituents is 1. The van der Waals surface area contributed by atoms with E-state index in [9.17, 15) is 23.3 Å². The van der Waals surface area contributed by atoms with Crippen LogP contribution >= 0.6 is 11.8 Å². The highest BCUT2D eigenvalue weighted by Gasteiger charge is 2.24. The molecule has 0 aromatic heterocycles. The van der Waals surface area contributed by atoms with Gasteiger partial charge in [-0.15, -0.1) is 11.8 Å². The van der Waals surface area contributed by atoms with Crippen LogP contribution in [0.15, 0.2) is 52.3 Å². The van der Waals surface area contributed by atoms with Gasteiger partial charge >= 0.3 is 0 Å². The van der Waals surface area contributed by atoms with E-state index in [1.807, 2.05) is 6.26 Å². The highest BCUT2D eigenvalue weighted by atomic mass is 32.2. The number of amides is 1. The molecule has 1 N–H and O–H groups in total. The van der Waals surface area contributed by atoms with Gasteiger partial charge in [0.05, 0.1) is 21.1 Å². The Labute approximate surface area is 167 Å². The largest absolute Gasteiger partial charge is 0.339 e. The molecule has 0 saturated carbocycles. The zero-order chi connectivity index (χ0) is 20.3. The van der Waals surface area contributed by atoms with Gasteiger partial charge in [0.25, 0.3) is 21.6 Å². The molecule has 148 valence electrons. The minimum atomic E-state index is -4.01. The van der Waals surface area contributed by atoms with Gasteiger partial charge in [0.1, 0.15) is 0 Å². The first-order valence-corrected chi connectivity index (χ1v) is 11.3. The van der Waals surface area contributed by atoms with Crippen molar-refractivity contribution in [2.24, 2.45) is 0 Å². The van der Waals surface area contributed by atoms with Crippen LogP contribution in [0.4, 0.5) is 11.4 Å². The molecular weight excluding hydrogens is 402 g/mol. The van der Waals surface area contributed by atoms with Crippen molar-refractivity contribution in [3.8, 4) is 0 Å². The topological polar surface area (TPSA) is 110 Å². The number of likely N-dealkylation sites (tertiary alicyclic amines) is 1. The fraction of sp³-hybridized carbons (Fsp3) is 0.278. The van der Waals surface area contributed by atoms with E-state index in [1.54, 1.807) is 11.0 Å². The Morgan fingerprint density at radius 3 is 2.54 bits per heavy atom. The second-order valence-electron chi connectivity index (χ2n) is 6.27. The van der Waals surface area contributed by atoms with Crippen molar-refractivity contribution in [1.29, 1.82) is 0 Å². The minimum absolute atomic E-state index is 0.0700. The summed E-state index contributed by atoms with van der Waals surface area (Å²) in [6, 6.07) is 9.64. The predicted octanol–water partition coefficient (Wildman–Crippen LogP) is 3.35. The number of carbonyl (C=O) groups is 1. The summed E-state index contributed by atoms with van der Waals surface area (Å²) in [4.78, 5) is 25.4. The number of hydrogen-bond acceptors (Lipinski definition) is 6. The van der Waals surface area contributed by atoms with E-state index < -0.39 is 14.9 Å². The summed E-state index contributed by atoms with van der Waals surface area (Å²) in [5.74, 6) is -0.186. The molecule has 2 aromatic carbocycles. The summed E-state index contributed by atoms with van der Waals surface area (Å²) >= 11 is 1.37. The molecule has 0 atom stereocenters. The van der Waals surface area contributed by atoms with Gasteiger partial charge < -0.3 is 4.90 Å². The predicted molar refractivity (Wildman–Crippen MR) is 107 cm³/mol. The Morgan fingerprint density at radius 1 is 1.18 bits per heavy atom. The number of nitro groups is 1. The van der Waals surface area contributed by atoms with Crippen molar-refractivity contribution in [3.63, 3.8) is 0 Å². The number of nitro benzene ring substituents is 1. The maximum Gasteiger partial charge on any atom is 0.271 e. The highest BCUT2D eigenvalue weighted by Crippen LogP contribution is 2.28. The molecule has 1 aliphatic heterocycles. The van der Waals surface area contributed by atoms with E-state index in [0.717, 1.165) is 18.9 Å². The number of rotatable bonds is 6. The number of thioether (sulfide) groups is 1. The summed E-state index contributed by atoms with van der Waals surface area (Å²) in [5.41, 5.74) is 0.203. The number of nitrogens with one attached hydrogen (secondary N) is 1. The smallest absolute Gasteiger partial charge is 0.271 e. The van der Waals surface area contributed by atoms with E-state index in [4.69, 9.17) is 0 Å². The zero-order valence-electron chi connectivity index (χ0n) is 15.1. The molecule has 0 aliphatic carbocycles. The molecule has 10 heteroatoms. The maximum absolute atomic E-state index is 12.8. The van der Waals surface area contributed by atoms with Crippen molar-refractivity contribution in [2.45, 2.75) is 22.6 Å². The van der Waals surface area contributed by atoms with Gasteiger partial charge in [-0.3, -0.25) is 19.6 Å². The van der Waals surface area contributed by atoms with E-state index in [0.29, 0.717) is 23.5 Å². The van der Waals surface area contributed by atoms with Crippen LogP contribution in [0.5, 0.6) is 0 Å². The lowest BCUT2D eigenvalue weighted by Gasteiger charge is -2.18. The Kier molecular flexibility index (Phi) is 5.90. The van der Waals surface area contributed by atoms with Gasteiger partial charge in [-0.05, 0) is 43.4 Å². The molecule has 28 heavy (non-hydrogen) atoms. The van der Waals surface area contributed by atoms with E-state index in [1.165, 1.54) is 42.1 Å². The maximum atomic E-state index is 12.8. The van der Waals surface area contributed by atoms with Gasteiger partial charge in [0, 0.05) is 30.1 Å². The summed E-state index contributed by atoms with van der Waals surface area (Å²) in [7, 11) is -4.01. The van der Waals surface area contributed by atoms with Crippen LogP contribution in [0.1, 0.15) is 23.2 Å². The molecule has 2 aromatic rings. The van der Waals surface area contributed by atoms with Gasteiger partial charge in [0.2, 0.25) is 0 Å². The van der Waals surface area contributed by atoms with Crippen molar-refractivity contribution in [2.75, 3.05) is 24.1 Å². The van der Waals surface area contributed by atoms with Gasteiger partial charge in [-0.2, -0.15) is 0 Å². The fourth-order valence-electron chi connectivity index (χ4n) is 3.01. The molecule has 0 unspecified atom stereocenters. The van der Waals surface area contributed by atoms with Crippen molar-refractivity contribution >= 4 is 39.1 Å². The lowest BCUT2D eigenvalue weighted by atomic mass is 10.2. The molecule has 8 nitrogen and oxygen atoms in total. The minimum Gasteiger partial charge on any atom is -0.339 e. The Hall–Kier alpha value is -2.59. The Balaban J connectivity index is 1.93. The number of hydrogen-bond donors (Lipinski definition) is 1. The summed E-state index contributed by atoms with van der Waals surface area (Å²) in [6.45, 7) is 1.32. The van der Waals surface area contributed by atoms with Crippen LogP contribution in [0.25, 0.3) is 0 Å². The standard InChI is InChI=1S/C18H19N3O5S2/c1-27-17-8-7-15(12-16(17)18(22)20-9-2-3-10-20)28(25,26)19-13-5-4-6-14(11-13)21(23)24/h4-8,11-12,19H,2-3,9-10H2,1H3. The Morgan fingerprint density at radius 2 is 1.89 bits per heavy atom. The van der Waals surface area contributed by atoms with Crippen LogP contribution in [-0.2, 0) is 10.0 Å². The number of sulfonamides is 1. The van der Waals surface area contributed by atoms with Gasteiger partial charge in [-0.25, -0.2) is 8.42 Å². The summed E-state index contributed by atoms with van der Waals surface area (Å²) < 4.78 is 27.9. The summed E-state index contributed by atoms with van der Waals surface area (Å²) in [6.07, 6.45) is 3.70. The highest BCUT2D eigenvalue weighted by molar-refractivity contribution is 7.98. The lowest BCUT2D eigenvalue weighted by molar-refractivity contribution is -0.384. The normalized spacial score (nSPS) is 14.1. The second-order valence-corrected chi connectivity index (χ2v) is 8.80. The molecule has 1 aliphatic rings. The molecule has 0 radical (unpaired) electrons. The average molecular weight is 422 g/mol. The van der Waals surface area contributed by atoms with Crippen LogP contribution in [0.2, 0.25) is 0 Å². The number of nitrogens with zero attached hydrogens (tertiary/aromatic N) is 2. The molecule has 3 rings (SSSR count). The molecule has 1 fully saturated rings. The molecular formula is C18H19N3O5S2. The van der Waals surface area contributed by atoms with Crippen molar-refractivity contribution in [3.05, 3.63) is 58.1 Å². The molecule has 1 amide bonds.